The second kappa shape index (κ2) is 8.50. The van der Waals surface area contributed by atoms with Gasteiger partial charge in [0, 0.05) is 11.6 Å². The predicted molar refractivity (Wildman–Crippen MR) is 121 cm³/mol. The first-order valence-electron chi connectivity index (χ1n) is 9.55. The van der Waals surface area contributed by atoms with Gasteiger partial charge in [0.2, 0.25) is 0 Å². The van der Waals surface area contributed by atoms with Crippen LogP contribution in [0, 0.1) is 10.1 Å². The predicted octanol–water partition coefficient (Wildman–Crippen LogP) is 4.34. The van der Waals surface area contributed by atoms with Gasteiger partial charge < -0.3 is 9.63 Å². The summed E-state index contributed by atoms with van der Waals surface area (Å²) in [6.45, 7) is 6.36. The molecule has 3 aromatic rings. The summed E-state index contributed by atoms with van der Waals surface area (Å²) in [5, 5.41) is 25.4. The molecule has 3 rings (SSSR count). The Morgan fingerprint density at radius 1 is 0.967 bits per heavy atom. The lowest BCUT2D eigenvalue weighted by atomic mass is 10.2. The Hall–Kier alpha value is -3.45. The van der Waals surface area contributed by atoms with Gasteiger partial charge in [0.15, 0.2) is 0 Å². The van der Waals surface area contributed by atoms with E-state index in [4.69, 9.17) is 9.63 Å². The van der Waals surface area contributed by atoms with Crippen LogP contribution in [0.15, 0.2) is 84.0 Å². The average Bonchev–Trinajstić information content (AvgIpc) is 2.73. The van der Waals surface area contributed by atoms with Crippen LogP contribution in [0.2, 0.25) is 5.04 Å². The summed E-state index contributed by atoms with van der Waals surface area (Å²) in [7, 11) is -2.97. The molecule has 0 unspecified atom stereocenters. The fraction of sp³-hybridized carbons (Fsp3) is 0.174. The largest absolute Gasteiger partial charge is 0.533 e. The lowest BCUT2D eigenvalue weighted by molar-refractivity contribution is -0.384. The maximum Gasteiger partial charge on any atom is 0.319 e. The SMILES string of the molecule is CC(C)(C)[Si](Oc1cc([N+](=O)[O-])ccc1C=NO)(c1ccccc1)c1ccccc1. The van der Waals surface area contributed by atoms with Crippen LogP contribution in [-0.2, 0) is 0 Å². The number of hydrogen-bond donors (Lipinski definition) is 1. The van der Waals surface area contributed by atoms with Crippen LogP contribution in [0.25, 0.3) is 0 Å². The molecule has 0 fully saturated rings. The topological polar surface area (TPSA) is 85.0 Å². The van der Waals surface area contributed by atoms with Crippen molar-refractivity contribution in [3.63, 3.8) is 0 Å². The Kier molecular flexibility index (Phi) is 6.03. The van der Waals surface area contributed by atoms with Gasteiger partial charge >= 0.3 is 8.32 Å². The van der Waals surface area contributed by atoms with Gasteiger partial charge in [0.05, 0.1) is 17.2 Å². The van der Waals surface area contributed by atoms with Crippen molar-refractivity contribution in [1.82, 2.24) is 0 Å². The van der Waals surface area contributed by atoms with Gasteiger partial charge in [-0.1, -0.05) is 86.6 Å². The maximum atomic E-state index is 11.4. The third kappa shape index (κ3) is 3.97. The molecule has 0 aliphatic heterocycles. The molecule has 0 aromatic heterocycles. The van der Waals surface area contributed by atoms with Crippen molar-refractivity contribution in [1.29, 1.82) is 0 Å². The molecule has 0 atom stereocenters. The maximum absolute atomic E-state index is 11.4. The smallest absolute Gasteiger partial charge is 0.319 e. The van der Waals surface area contributed by atoms with Crippen LogP contribution in [0.5, 0.6) is 5.75 Å². The zero-order chi connectivity index (χ0) is 21.8. The second-order valence-corrected chi connectivity index (χ2v) is 12.2. The van der Waals surface area contributed by atoms with Gasteiger partial charge in [0.25, 0.3) is 5.69 Å². The van der Waals surface area contributed by atoms with Gasteiger partial charge in [0.1, 0.15) is 5.75 Å². The molecular formula is C23H24N2O4Si. The lowest BCUT2D eigenvalue weighted by Gasteiger charge is -2.43. The van der Waals surface area contributed by atoms with Crippen LogP contribution in [-0.4, -0.2) is 24.7 Å². The molecule has 0 saturated heterocycles. The number of hydrogen-bond acceptors (Lipinski definition) is 5. The number of benzene rings is 3. The van der Waals surface area contributed by atoms with Gasteiger partial charge in [-0.15, -0.1) is 0 Å². The van der Waals surface area contributed by atoms with Crippen molar-refractivity contribution in [3.05, 3.63) is 94.5 Å². The summed E-state index contributed by atoms with van der Waals surface area (Å²) < 4.78 is 6.85. The van der Waals surface area contributed by atoms with E-state index in [-0.39, 0.29) is 10.7 Å². The summed E-state index contributed by atoms with van der Waals surface area (Å²) in [4.78, 5) is 10.9. The summed E-state index contributed by atoms with van der Waals surface area (Å²) in [6, 6.07) is 24.3. The van der Waals surface area contributed by atoms with Crippen molar-refractivity contribution < 1.29 is 14.6 Å². The minimum atomic E-state index is -2.97. The van der Waals surface area contributed by atoms with Crippen molar-refractivity contribution in [2.24, 2.45) is 5.16 Å². The molecule has 0 aliphatic rings. The molecule has 0 amide bonds. The Morgan fingerprint density at radius 3 is 1.93 bits per heavy atom. The number of nitro groups is 1. The average molecular weight is 421 g/mol. The van der Waals surface area contributed by atoms with Crippen molar-refractivity contribution in [2.45, 2.75) is 25.8 Å². The van der Waals surface area contributed by atoms with Gasteiger partial charge in [-0.05, 0) is 21.5 Å². The minimum Gasteiger partial charge on any atom is -0.533 e. The second-order valence-electron chi connectivity index (χ2n) is 7.99. The summed E-state index contributed by atoms with van der Waals surface area (Å²) in [5.41, 5.74) is 0.383. The summed E-state index contributed by atoms with van der Waals surface area (Å²) in [6.07, 6.45) is 1.23. The molecule has 154 valence electrons. The molecule has 6 nitrogen and oxygen atoms in total. The van der Waals surface area contributed by atoms with E-state index in [1.165, 1.54) is 24.4 Å². The Balaban J connectivity index is 2.32. The van der Waals surface area contributed by atoms with Crippen molar-refractivity contribution >= 4 is 30.6 Å². The highest BCUT2D eigenvalue weighted by Crippen LogP contribution is 2.39. The first kappa shape index (κ1) is 21.3. The Bertz CT molecular complexity index is 1010. The third-order valence-corrected chi connectivity index (χ3v) is 10.0. The molecule has 0 bridgehead atoms. The van der Waals surface area contributed by atoms with E-state index < -0.39 is 13.2 Å². The number of non-ortho nitro benzene ring substituents is 1. The highest BCUT2D eigenvalue weighted by molar-refractivity contribution is 7.00. The minimum absolute atomic E-state index is 0.0852. The van der Waals surface area contributed by atoms with E-state index in [0.717, 1.165) is 10.4 Å². The molecule has 1 N–H and O–H groups in total. The molecule has 30 heavy (non-hydrogen) atoms. The standard InChI is InChI=1S/C23H24N2O4Si/c1-23(2,3)30(20-10-6-4-7-11-20,21-12-8-5-9-13-21)29-22-16-19(25(27)28)15-14-18(22)17-24-26/h4-17,26H,1-3H3. The van der Waals surface area contributed by atoms with Crippen LogP contribution in [0.4, 0.5) is 5.69 Å². The fourth-order valence-electron chi connectivity index (χ4n) is 3.71. The van der Waals surface area contributed by atoms with E-state index in [2.05, 4.69) is 25.9 Å². The number of oxime groups is 1. The highest BCUT2D eigenvalue weighted by Gasteiger charge is 2.52. The van der Waals surface area contributed by atoms with E-state index in [0.29, 0.717) is 11.3 Å². The van der Waals surface area contributed by atoms with E-state index in [1.54, 1.807) is 0 Å². The quantitative estimate of drug-likeness (QED) is 0.211. The molecule has 0 aliphatic carbocycles. The molecule has 3 aromatic carbocycles. The number of nitro benzene ring substituents is 1. The van der Waals surface area contributed by atoms with E-state index >= 15 is 0 Å². The molecule has 0 spiro atoms. The Labute approximate surface area is 176 Å². The monoisotopic (exact) mass is 420 g/mol. The number of nitrogens with zero attached hydrogens (tertiary/aromatic N) is 2. The van der Waals surface area contributed by atoms with Crippen LogP contribution < -0.4 is 14.8 Å². The first-order chi connectivity index (χ1) is 14.3. The van der Waals surface area contributed by atoms with Gasteiger partial charge in [-0.3, -0.25) is 10.1 Å². The lowest BCUT2D eigenvalue weighted by Crippen LogP contribution is -2.68. The van der Waals surface area contributed by atoms with Crippen molar-refractivity contribution in [3.8, 4) is 5.75 Å². The number of rotatable bonds is 6. The normalized spacial score (nSPS) is 12.1. The third-order valence-electron chi connectivity index (χ3n) is 5.08. The molecule has 7 heteroatoms. The fourth-order valence-corrected chi connectivity index (χ4v) is 8.15. The summed E-state index contributed by atoms with van der Waals surface area (Å²) in [5.74, 6) is 0.316. The zero-order valence-electron chi connectivity index (χ0n) is 17.1. The molecule has 0 saturated carbocycles. The van der Waals surface area contributed by atoms with Gasteiger partial charge in [-0.2, -0.15) is 0 Å². The first-order valence-corrected chi connectivity index (χ1v) is 11.5. The highest BCUT2D eigenvalue weighted by atomic mass is 28.4. The van der Waals surface area contributed by atoms with Crippen LogP contribution >= 0.6 is 0 Å². The Morgan fingerprint density at radius 2 is 1.50 bits per heavy atom. The molecular weight excluding hydrogens is 396 g/mol. The summed E-state index contributed by atoms with van der Waals surface area (Å²) >= 11 is 0. The van der Waals surface area contributed by atoms with Gasteiger partial charge in [-0.25, -0.2) is 0 Å². The molecule has 0 radical (unpaired) electrons. The van der Waals surface area contributed by atoms with Crippen LogP contribution in [0.1, 0.15) is 26.3 Å². The van der Waals surface area contributed by atoms with E-state index in [1.807, 2.05) is 60.7 Å². The van der Waals surface area contributed by atoms with Crippen molar-refractivity contribution in [2.75, 3.05) is 0 Å². The molecule has 0 heterocycles. The van der Waals surface area contributed by atoms with E-state index in [9.17, 15) is 10.1 Å². The zero-order valence-corrected chi connectivity index (χ0v) is 18.1. The van der Waals surface area contributed by atoms with Crippen LogP contribution in [0.3, 0.4) is 0 Å².